The molecular formula is C15H16ClN3O2S. The highest BCUT2D eigenvalue weighted by Gasteiger charge is 2.27. The van der Waals surface area contributed by atoms with E-state index in [0.29, 0.717) is 22.4 Å². The molecule has 0 unspecified atom stereocenters. The van der Waals surface area contributed by atoms with E-state index in [1.807, 2.05) is 18.2 Å². The summed E-state index contributed by atoms with van der Waals surface area (Å²) in [5.41, 5.74) is 7.50. The van der Waals surface area contributed by atoms with Gasteiger partial charge in [-0.15, -0.1) is 0 Å². The quantitative estimate of drug-likeness (QED) is 0.829. The van der Waals surface area contributed by atoms with Crippen molar-refractivity contribution in [2.75, 3.05) is 24.5 Å². The van der Waals surface area contributed by atoms with E-state index < -0.39 is 0 Å². The Kier molecular flexibility index (Phi) is 4.42. The van der Waals surface area contributed by atoms with Gasteiger partial charge in [-0.1, -0.05) is 23.7 Å². The predicted octanol–water partition coefficient (Wildman–Crippen LogP) is 2.45. The van der Waals surface area contributed by atoms with Gasteiger partial charge in [0.1, 0.15) is 0 Å². The van der Waals surface area contributed by atoms with E-state index in [-0.39, 0.29) is 11.1 Å². The van der Waals surface area contributed by atoms with Gasteiger partial charge in [-0.3, -0.25) is 14.9 Å². The first kappa shape index (κ1) is 15.4. The SMILES string of the molecule is NC[C@H]1CCN(c2c(Cl)cccc2C=C2SC(=O)NC2=O)C1. The molecule has 0 radical (unpaired) electrons. The average Bonchev–Trinajstić information content (AvgIpc) is 3.06. The van der Waals surface area contributed by atoms with Gasteiger partial charge < -0.3 is 10.6 Å². The van der Waals surface area contributed by atoms with Crippen molar-refractivity contribution in [3.8, 4) is 0 Å². The van der Waals surface area contributed by atoms with Crippen LogP contribution in [0.25, 0.3) is 6.08 Å². The number of nitrogens with two attached hydrogens (primary N) is 1. The summed E-state index contributed by atoms with van der Waals surface area (Å²) in [4.78, 5) is 25.6. The van der Waals surface area contributed by atoms with Gasteiger partial charge >= 0.3 is 0 Å². The molecule has 2 amide bonds. The van der Waals surface area contributed by atoms with Crippen LogP contribution in [-0.2, 0) is 4.79 Å². The number of rotatable bonds is 3. The molecule has 0 spiro atoms. The van der Waals surface area contributed by atoms with Crippen molar-refractivity contribution in [1.29, 1.82) is 0 Å². The largest absolute Gasteiger partial charge is 0.370 e. The van der Waals surface area contributed by atoms with Gasteiger partial charge in [-0.05, 0) is 42.8 Å². The average molecular weight is 338 g/mol. The fourth-order valence-electron chi connectivity index (χ4n) is 2.77. The Morgan fingerprint density at radius 2 is 2.27 bits per heavy atom. The minimum atomic E-state index is -0.359. The highest BCUT2D eigenvalue weighted by molar-refractivity contribution is 8.18. The zero-order valence-electron chi connectivity index (χ0n) is 11.8. The van der Waals surface area contributed by atoms with Crippen LogP contribution in [0.2, 0.25) is 5.02 Å². The summed E-state index contributed by atoms with van der Waals surface area (Å²) in [6.45, 7) is 2.40. The van der Waals surface area contributed by atoms with Crippen molar-refractivity contribution in [1.82, 2.24) is 5.32 Å². The topological polar surface area (TPSA) is 75.4 Å². The first-order valence-corrected chi connectivity index (χ1v) is 8.26. The van der Waals surface area contributed by atoms with Crippen LogP contribution >= 0.6 is 23.4 Å². The third kappa shape index (κ3) is 2.99. The van der Waals surface area contributed by atoms with Crippen molar-refractivity contribution in [3.63, 3.8) is 0 Å². The number of para-hydroxylation sites is 1. The Hall–Kier alpha value is -1.50. The number of benzene rings is 1. The van der Waals surface area contributed by atoms with E-state index in [4.69, 9.17) is 17.3 Å². The normalized spacial score (nSPS) is 23.5. The highest BCUT2D eigenvalue weighted by atomic mass is 35.5. The number of anilines is 1. The second-order valence-electron chi connectivity index (χ2n) is 5.37. The molecule has 3 rings (SSSR count). The molecule has 7 heteroatoms. The van der Waals surface area contributed by atoms with Gasteiger partial charge in [0.25, 0.3) is 11.1 Å². The first-order valence-electron chi connectivity index (χ1n) is 7.07. The molecule has 22 heavy (non-hydrogen) atoms. The highest BCUT2D eigenvalue weighted by Crippen LogP contribution is 2.36. The molecule has 2 aliphatic rings. The summed E-state index contributed by atoms with van der Waals surface area (Å²) in [5, 5.41) is 2.56. The van der Waals surface area contributed by atoms with Gasteiger partial charge in [0.2, 0.25) is 0 Å². The molecule has 2 saturated heterocycles. The molecule has 3 N–H and O–H groups in total. The molecule has 1 aromatic rings. The maximum Gasteiger partial charge on any atom is 0.290 e. The number of nitrogens with zero attached hydrogens (tertiary/aromatic N) is 1. The molecule has 2 aliphatic heterocycles. The molecule has 0 aliphatic carbocycles. The van der Waals surface area contributed by atoms with Crippen LogP contribution < -0.4 is 16.0 Å². The Morgan fingerprint density at radius 3 is 2.91 bits per heavy atom. The Balaban J connectivity index is 1.96. The number of imide groups is 1. The zero-order chi connectivity index (χ0) is 15.7. The molecule has 1 atom stereocenters. The van der Waals surface area contributed by atoms with Crippen molar-refractivity contribution < 1.29 is 9.59 Å². The summed E-state index contributed by atoms with van der Waals surface area (Å²) in [5.74, 6) is 0.102. The van der Waals surface area contributed by atoms with E-state index in [0.717, 1.165) is 42.5 Å². The number of amides is 2. The maximum atomic E-state index is 11.7. The van der Waals surface area contributed by atoms with E-state index >= 15 is 0 Å². The molecule has 1 aromatic carbocycles. The number of nitrogens with one attached hydrogen (secondary N) is 1. The van der Waals surface area contributed by atoms with E-state index in [9.17, 15) is 9.59 Å². The van der Waals surface area contributed by atoms with Gasteiger partial charge in [0.05, 0.1) is 15.6 Å². The predicted molar refractivity (Wildman–Crippen MR) is 89.9 cm³/mol. The lowest BCUT2D eigenvalue weighted by Crippen LogP contribution is -2.23. The van der Waals surface area contributed by atoms with Crippen LogP contribution in [0.3, 0.4) is 0 Å². The van der Waals surface area contributed by atoms with Crippen LogP contribution in [-0.4, -0.2) is 30.8 Å². The number of carbonyl (C=O) groups excluding carboxylic acids is 2. The molecular weight excluding hydrogens is 322 g/mol. The number of carbonyl (C=O) groups is 2. The summed E-state index contributed by atoms with van der Waals surface area (Å²) < 4.78 is 0. The summed E-state index contributed by atoms with van der Waals surface area (Å²) in [6, 6.07) is 5.58. The Bertz CT molecular complexity index is 662. The smallest absolute Gasteiger partial charge is 0.290 e. The molecule has 0 saturated carbocycles. The van der Waals surface area contributed by atoms with Crippen molar-refractivity contribution >= 4 is 46.3 Å². The molecule has 2 fully saturated rings. The van der Waals surface area contributed by atoms with Crippen LogP contribution in [0.5, 0.6) is 0 Å². The fraction of sp³-hybridized carbons (Fsp3) is 0.333. The van der Waals surface area contributed by atoms with Crippen LogP contribution in [0.4, 0.5) is 10.5 Å². The molecule has 0 bridgehead atoms. The van der Waals surface area contributed by atoms with Crippen molar-refractivity contribution in [2.24, 2.45) is 11.7 Å². The zero-order valence-corrected chi connectivity index (χ0v) is 13.4. The standard InChI is InChI=1S/C15H16ClN3O2S/c16-11-3-1-2-10(6-12-14(20)18-15(21)22-12)13(11)19-5-4-9(7-17)8-19/h1-3,6,9H,4-5,7-8,17H2,(H,18,20,21)/t9-/m1/s1. The number of hydrogen-bond donors (Lipinski definition) is 2. The van der Waals surface area contributed by atoms with Gasteiger partial charge in [-0.2, -0.15) is 0 Å². The van der Waals surface area contributed by atoms with Crippen LogP contribution in [0, 0.1) is 5.92 Å². The lowest BCUT2D eigenvalue weighted by Gasteiger charge is -2.22. The van der Waals surface area contributed by atoms with Crippen molar-refractivity contribution in [3.05, 3.63) is 33.7 Å². The van der Waals surface area contributed by atoms with Crippen molar-refractivity contribution in [2.45, 2.75) is 6.42 Å². The molecule has 0 aromatic heterocycles. The van der Waals surface area contributed by atoms with Crippen LogP contribution in [0.1, 0.15) is 12.0 Å². The minimum absolute atomic E-state index is 0.343. The van der Waals surface area contributed by atoms with Crippen LogP contribution in [0.15, 0.2) is 23.1 Å². The fourth-order valence-corrected chi connectivity index (χ4v) is 3.75. The summed E-state index contributed by atoms with van der Waals surface area (Å²) in [6.07, 6.45) is 2.76. The maximum absolute atomic E-state index is 11.7. The third-order valence-corrected chi connectivity index (χ3v) is 5.00. The molecule has 116 valence electrons. The summed E-state index contributed by atoms with van der Waals surface area (Å²) >= 11 is 7.28. The number of halogens is 1. The monoisotopic (exact) mass is 337 g/mol. The third-order valence-electron chi connectivity index (χ3n) is 3.88. The number of thioether (sulfide) groups is 1. The second kappa shape index (κ2) is 6.32. The first-order chi connectivity index (χ1) is 10.6. The van der Waals surface area contributed by atoms with Gasteiger partial charge in [-0.25, -0.2) is 0 Å². The second-order valence-corrected chi connectivity index (χ2v) is 6.79. The Morgan fingerprint density at radius 1 is 1.45 bits per heavy atom. The minimum Gasteiger partial charge on any atom is -0.370 e. The molecule has 2 heterocycles. The lowest BCUT2D eigenvalue weighted by molar-refractivity contribution is -0.115. The van der Waals surface area contributed by atoms with Gasteiger partial charge in [0, 0.05) is 18.7 Å². The Labute approximate surface area is 137 Å². The molecule has 5 nitrogen and oxygen atoms in total. The van der Waals surface area contributed by atoms with E-state index in [2.05, 4.69) is 10.2 Å². The van der Waals surface area contributed by atoms with Gasteiger partial charge in [0.15, 0.2) is 0 Å². The van der Waals surface area contributed by atoms with E-state index in [1.165, 1.54) is 0 Å². The lowest BCUT2D eigenvalue weighted by atomic mass is 10.1. The number of hydrogen-bond acceptors (Lipinski definition) is 5. The summed E-state index contributed by atoms with van der Waals surface area (Å²) in [7, 11) is 0. The van der Waals surface area contributed by atoms with E-state index in [1.54, 1.807) is 6.08 Å².